The molecule has 2 heteroatoms. The minimum atomic E-state index is -0.289. The SMILES string of the molecule is CC(C)CC(O)NC1CCCCC1. The van der Waals surface area contributed by atoms with E-state index in [1.165, 1.54) is 32.1 Å². The molecule has 1 aliphatic rings. The normalized spacial score (nSPS) is 22.2. The summed E-state index contributed by atoms with van der Waals surface area (Å²) in [5.41, 5.74) is 0. The van der Waals surface area contributed by atoms with Crippen molar-refractivity contribution in [3.8, 4) is 0 Å². The Morgan fingerprint density at radius 2 is 1.85 bits per heavy atom. The highest BCUT2D eigenvalue weighted by atomic mass is 16.3. The molecule has 2 N–H and O–H groups in total. The van der Waals surface area contributed by atoms with Crippen LogP contribution in [0.3, 0.4) is 0 Å². The summed E-state index contributed by atoms with van der Waals surface area (Å²) in [6, 6.07) is 0.572. The molecule has 1 aliphatic carbocycles. The Hall–Kier alpha value is -0.0800. The van der Waals surface area contributed by atoms with Crippen LogP contribution in [0.1, 0.15) is 52.4 Å². The maximum absolute atomic E-state index is 9.66. The van der Waals surface area contributed by atoms with Crippen LogP contribution < -0.4 is 5.32 Å². The van der Waals surface area contributed by atoms with Gasteiger partial charge in [-0.2, -0.15) is 0 Å². The first kappa shape index (κ1) is 11.0. The molecule has 1 rings (SSSR count). The van der Waals surface area contributed by atoms with E-state index in [2.05, 4.69) is 19.2 Å². The van der Waals surface area contributed by atoms with Crippen molar-refractivity contribution in [2.45, 2.75) is 64.6 Å². The van der Waals surface area contributed by atoms with Gasteiger partial charge in [-0.3, -0.25) is 5.32 Å². The van der Waals surface area contributed by atoms with Gasteiger partial charge >= 0.3 is 0 Å². The van der Waals surface area contributed by atoms with Crippen molar-refractivity contribution in [3.63, 3.8) is 0 Å². The van der Waals surface area contributed by atoms with E-state index in [4.69, 9.17) is 0 Å². The molecule has 0 aromatic heterocycles. The Bertz CT molecular complexity index is 130. The van der Waals surface area contributed by atoms with E-state index < -0.39 is 0 Å². The standard InChI is InChI=1S/C11H23NO/c1-9(2)8-11(13)12-10-6-4-3-5-7-10/h9-13H,3-8H2,1-2H3. The lowest BCUT2D eigenvalue weighted by atomic mass is 9.95. The number of hydrogen-bond donors (Lipinski definition) is 2. The van der Waals surface area contributed by atoms with Crippen LogP contribution in [0.15, 0.2) is 0 Å². The van der Waals surface area contributed by atoms with E-state index in [-0.39, 0.29) is 6.23 Å². The molecule has 1 saturated carbocycles. The predicted molar refractivity (Wildman–Crippen MR) is 55.5 cm³/mol. The zero-order valence-corrected chi connectivity index (χ0v) is 8.92. The molecule has 0 spiro atoms. The van der Waals surface area contributed by atoms with Gasteiger partial charge in [0.25, 0.3) is 0 Å². The van der Waals surface area contributed by atoms with Gasteiger partial charge in [-0.05, 0) is 25.2 Å². The number of rotatable bonds is 4. The van der Waals surface area contributed by atoms with Crippen molar-refractivity contribution in [2.24, 2.45) is 5.92 Å². The third-order valence-electron chi connectivity index (χ3n) is 2.73. The first-order valence-electron chi connectivity index (χ1n) is 5.62. The zero-order valence-electron chi connectivity index (χ0n) is 8.92. The monoisotopic (exact) mass is 185 g/mol. The van der Waals surface area contributed by atoms with E-state index in [0.717, 1.165) is 6.42 Å². The zero-order chi connectivity index (χ0) is 9.68. The third-order valence-corrected chi connectivity index (χ3v) is 2.73. The molecule has 0 aromatic carbocycles. The third kappa shape index (κ3) is 4.63. The molecule has 1 unspecified atom stereocenters. The second-order valence-corrected chi connectivity index (χ2v) is 4.65. The van der Waals surface area contributed by atoms with Crippen molar-refractivity contribution in [2.75, 3.05) is 0 Å². The van der Waals surface area contributed by atoms with E-state index in [1.54, 1.807) is 0 Å². The molecule has 0 aliphatic heterocycles. The molecule has 0 radical (unpaired) electrons. The number of aliphatic hydroxyl groups is 1. The number of nitrogens with one attached hydrogen (secondary N) is 1. The highest BCUT2D eigenvalue weighted by Crippen LogP contribution is 2.18. The molecule has 0 amide bonds. The molecule has 78 valence electrons. The highest BCUT2D eigenvalue weighted by molar-refractivity contribution is 4.73. The van der Waals surface area contributed by atoms with Gasteiger partial charge in [0.1, 0.15) is 6.23 Å². The first-order chi connectivity index (χ1) is 6.18. The van der Waals surface area contributed by atoms with Crippen LogP contribution >= 0.6 is 0 Å². The molecule has 0 aromatic rings. The molecule has 0 saturated heterocycles. The molecule has 2 nitrogen and oxygen atoms in total. The number of hydrogen-bond acceptors (Lipinski definition) is 2. The second kappa shape index (κ2) is 5.61. The van der Waals surface area contributed by atoms with Crippen molar-refractivity contribution >= 4 is 0 Å². The van der Waals surface area contributed by atoms with Crippen molar-refractivity contribution < 1.29 is 5.11 Å². The average Bonchev–Trinajstić information content (AvgIpc) is 2.04. The summed E-state index contributed by atoms with van der Waals surface area (Å²) >= 11 is 0. The maximum atomic E-state index is 9.66. The maximum Gasteiger partial charge on any atom is 0.105 e. The Labute approximate surface area is 81.7 Å². The quantitative estimate of drug-likeness (QED) is 0.659. The van der Waals surface area contributed by atoms with Crippen LogP contribution in [0.4, 0.5) is 0 Å². The summed E-state index contributed by atoms with van der Waals surface area (Å²) in [6.07, 6.45) is 7.10. The fourth-order valence-corrected chi connectivity index (χ4v) is 2.06. The summed E-state index contributed by atoms with van der Waals surface area (Å²) in [5, 5.41) is 13.0. The fourth-order valence-electron chi connectivity index (χ4n) is 2.06. The van der Waals surface area contributed by atoms with E-state index in [9.17, 15) is 5.11 Å². The minimum Gasteiger partial charge on any atom is -0.379 e. The smallest absolute Gasteiger partial charge is 0.105 e. The summed E-state index contributed by atoms with van der Waals surface area (Å²) in [4.78, 5) is 0. The molecule has 13 heavy (non-hydrogen) atoms. The van der Waals surface area contributed by atoms with Gasteiger partial charge in [-0.15, -0.1) is 0 Å². The molecule has 0 heterocycles. The Balaban J connectivity index is 2.14. The summed E-state index contributed by atoms with van der Waals surface area (Å²) in [7, 11) is 0. The van der Waals surface area contributed by atoms with Crippen LogP contribution in [0, 0.1) is 5.92 Å². The molecule has 0 bridgehead atoms. The van der Waals surface area contributed by atoms with Gasteiger partial charge in [0.2, 0.25) is 0 Å². The van der Waals surface area contributed by atoms with Crippen LogP contribution in [0.5, 0.6) is 0 Å². The van der Waals surface area contributed by atoms with Gasteiger partial charge in [-0.1, -0.05) is 33.1 Å². The van der Waals surface area contributed by atoms with E-state index >= 15 is 0 Å². The van der Waals surface area contributed by atoms with Crippen LogP contribution in [0.25, 0.3) is 0 Å². The lowest BCUT2D eigenvalue weighted by Gasteiger charge is -2.26. The molecular formula is C11H23NO. The molecule has 1 fully saturated rings. The summed E-state index contributed by atoms with van der Waals surface area (Å²) < 4.78 is 0. The van der Waals surface area contributed by atoms with Crippen LogP contribution in [-0.4, -0.2) is 17.4 Å². The highest BCUT2D eigenvalue weighted by Gasteiger charge is 2.16. The topological polar surface area (TPSA) is 32.3 Å². The lowest BCUT2D eigenvalue weighted by Crippen LogP contribution is -2.40. The summed E-state index contributed by atoms with van der Waals surface area (Å²) in [5.74, 6) is 0.575. The van der Waals surface area contributed by atoms with E-state index in [1.807, 2.05) is 0 Å². The van der Waals surface area contributed by atoms with Crippen LogP contribution in [0.2, 0.25) is 0 Å². The Morgan fingerprint density at radius 1 is 1.23 bits per heavy atom. The number of aliphatic hydroxyl groups excluding tert-OH is 1. The van der Waals surface area contributed by atoms with E-state index in [0.29, 0.717) is 12.0 Å². The van der Waals surface area contributed by atoms with Gasteiger partial charge in [-0.25, -0.2) is 0 Å². The lowest BCUT2D eigenvalue weighted by molar-refractivity contribution is 0.0925. The molecule has 1 atom stereocenters. The largest absolute Gasteiger partial charge is 0.379 e. The minimum absolute atomic E-state index is 0.289. The summed E-state index contributed by atoms with van der Waals surface area (Å²) in [6.45, 7) is 4.29. The van der Waals surface area contributed by atoms with Gasteiger partial charge in [0.15, 0.2) is 0 Å². The first-order valence-corrected chi connectivity index (χ1v) is 5.62. The Kier molecular flexibility index (Phi) is 4.74. The second-order valence-electron chi connectivity index (χ2n) is 4.65. The van der Waals surface area contributed by atoms with Crippen LogP contribution in [-0.2, 0) is 0 Å². The van der Waals surface area contributed by atoms with Crippen molar-refractivity contribution in [1.82, 2.24) is 5.32 Å². The fraction of sp³-hybridized carbons (Fsp3) is 1.00. The van der Waals surface area contributed by atoms with Gasteiger partial charge < -0.3 is 5.11 Å². The van der Waals surface area contributed by atoms with Gasteiger partial charge in [0.05, 0.1) is 0 Å². The average molecular weight is 185 g/mol. The Morgan fingerprint density at radius 3 is 2.38 bits per heavy atom. The van der Waals surface area contributed by atoms with Crippen molar-refractivity contribution in [3.05, 3.63) is 0 Å². The van der Waals surface area contributed by atoms with Crippen molar-refractivity contribution in [1.29, 1.82) is 0 Å². The predicted octanol–water partition coefficient (Wildman–Crippen LogP) is 2.27. The van der Waals surface area contributed by atoms with Gasteiger partial charge in [0, 0.05) is 6.04 Å². The molecular weight excluding hydrogens is 162 g/mol.